The largest absolute Gasteiger partial charge is 0.379 e. The van der Waals surface area contributed by atoms with Gasteiger partial charge in [-0.2, -0.15) is 14.0 Å². The van der Waals surface area contributed by atoms with Crippen molar-refractivity contribution in [2.45, 2.75) is 130 Å². The zero-order valence-corrected chi connectivity index (χ0v) is 37.2. The Labute approximate surface area is 345 Å². The van der Waals surface area contributed by atoms with Gasteiger partial charge in [0, 0.05) is 87.4 Å². The molecule has 0 unspecified atom stereocenters. The maximum Gasteiger partial charge on any atom is 0.0777 e. The molecular weight excluding hydrogens is 740 g/mol. The van der Waals surface area contributed by atoms with Crippen LogP contribution in [0, 0.1) is 31.9 Å². The lowest BCUT2D eigenvalue weighted by Crippen LogP contribution is -2.75. The van der Waals surface area contributed by atoms with Gasteiger partial charge >= 0.3 is 0 Å². The molecule has 318 valence electrons. The van der Waals surface area contributed by atoms with Crippen LogP contribution in [0.25, 0.3) is 0 Å². The number of fused-ring (bicyclic) bond motifs is 2. The van der Waals surface area contributed by atoms with Gasteiger partial charge in [0.25, 0.3) is 0 Å². The Morgan fingerprint density at radius 3 is 1.16 bits per heavy atom. The highest BCUT2D eigenvalue weighted by atomic mass is 35.7. The van der Waals surface area contributed by atoms with Crippen LogP contribution in [-0.4, -0.2) is 114 Å². The van der Waals surface area contributed by atoms with Crippen molar-refractivity contribution in [1.82, 2.24) is 19.6 Å². The van der Waals surface area contributed by atoms with Crippen LogP contribution in [0.2, 0.25) is 0 Å². The zero-order chi connectivity index (χ0) is 41.4. The van der Waals surface area contributed by atoms with Crippen LogP contribution in [0.1, 0.15) is 104 Å². The zero-order valence-electron chi connectivity index (χ0n) is 36.5. The SMILES string of the molecule is CC(C)(C)c1ccc(CN2[C@H]3C[C@H]4N(Cc5ccc(C(C)(C)C)cc5)[C@H]5C[C@@H]2C(C)(C)[C@@]3(CN2CCOCC2)[C@@]5(CN2CCOCC2)C4(C)C)cc1.[O-][Cl+3]([O-])([O-])O. The van der Waals surface area contributed by atoms with E-state index < -0.39 is 10.2 Å². The highest BCUT2D eigenvalue weighted by Gasteiger charge is 2.85. The summed E-state index contributed by atoms with van der Waals surface area (Å²) in [6.07, 6.45) is 2.50. The van der Waals surface area contributed by atoms with E-state index in [4.69, 9.17) is 28.1 Å². The third kappa shape index (κ3) is 7.66. The molecule has 0 radical (unpaired) electrons. The number of benzene rings is 2. The van der Waals surface area contributed by atoms with E-state index in [9.17, 15) is 0 Å². The van der Waals surface area contributed by atoms with E-state index in [-0.39, 0.29) is 32.5 Å². The molecule has 2 aromatic rings. The Bertz CT molecular complexity index is 1560. The van der Waals surface area contributed by atoms with Gasteiger partial charge in [0.15, 0.2) is 0 Å². The molecule has 0 amide bonds. The Morgan fingerprint density at radius 2 is 0.877 bits per heavy atom. The van der Waals surface area contributed by atoms with Crippen molar-refractivity contribution >= 4 is 0 Å². The summed E-state index contributed by atoms with van der Waals surface area (Å²) in [5, 5.41) is 0. The van der Waals surface area contributed by atoms with Gasteiger partial charge in [-0.15, -0.1) is 0 Å². The number of hydrogen-bond acceptors (Lipinski definition) is 10. The molecule has 2 aromatic carbocycles. The van der Waals surface area contributed by atoms with Crippen molar-refractivity contribution in [3.8, 4) is 0 Å². The summed E-state index contributed by atoms with van der Waals surface area (Å²) in [6.45, 7) is 37.0. The van der Waals surface area contributed by atoms with E-state index in [1.54, 1.807) is 0 Å². The average Bonchev–Trinajstić information content (AvgIpc) is 3.30. The van der Waals surface area contributed by atoms with Gasteiger partial charge in [0.1, 0.15) is 0 Å². The molecular formula is C46H71ClN4O6. The summed E-state index contributed by atoms with van der Waals surface area (Å²) in [6, 6.07) is 21.5. The van der Waals surface area contributed by atoms with E-state index in [0.717, 1.165) is 65.7 Å². The summed E-state index contributed by atoms with van der Waals surface area (Å²) < 4.78 is 44.7. The van der Waals surface area contributed by atoms with E-state index in [1.165, 1.54) is 48.2 Å². The summed E-state index contributed by atoms with van der Waals surface area (Å²) in [4.78, 5) is 11.8. The third-order valence-electron chi connectivity index (χ3n) is 15.9. The van der Waals surface area contributed by atoms with E-state index in [2.05, 4.69) is 137 Å². The van der Waals surface area contributed by atoms with Crippen molar-refractivity contribution < 1.29 is 38.4 Å². The average molecular weight is 812 g/mol. The van der Waals surface area contributed by atoms with E-state index in [1.807, 2.05) is 0 Å². The molecule has 2 aliphatic carbocycles. The fourth-order valence-electron chi connectivity index (χ4n) is 13.2. The molecule has 11 heteroatoms. The molecule has 6 atom stereocenters. The highest BCUT2D eigenvalue weighted by Crippen LogP contribution is 2.80. The van der Waals surface area contributed by atoms with Crippen molar-refractivity contribution in [3.05, 3.63) is 70.8 Å². The van der Waals surface area contributed by atoms with E-state index in [0.29, 0.717) is 24.2 Å². The second-order valence-corrected chi connectivity index (χ2v) is 22.1. The minimum Gasteiger partial charge on any atom is -0.379 e. The van der Waals surface area contributed by atoms with Gasteiger partial charge in [0.2, 0.25) is 0 Å². The molecule has 8 rings (SSSR count). The smallest absolute Gasteiger partial charge is 0.0777 e. The Hall–Kier alpha value is -1.67. The molecule has 6 aliphatic rings. The first-order valence-corrected chi connectivity index (χ1v) is 22.7. The molecule has 2 saturated carbocycles. The standard InChI is InChI=1S/C46H70N4O2.ClHO4/c1-41(2,3)35-15-11-33(12-16-35)29-49-37-27-40-46(32-48-21-25-52-26-22-48)44(9,10)38(50(40)30-34-13-17-36(18-14-34)42(4,5)6)28-39(49)45(46,43(37,7)8)31-47-19-23-51-24-20-47;2-1(3,4)5/h11-18,37-40H,19-32H2,1-10H3;(H,2,3,4,5)/t37-,38-,39+,40+,45-,46+;/m1./s1. The molecule has 0 aromatic heterocycles. The maximum absolute atomic E-state index is 8.60. The maximum atomic E-state index is 8.60. The van der Waals surface area contributed by atoms with Crippen LogP contribution in [0.4, 0.5) is 0 Å². The highest BCUT2D eigenvalue weighted by molar-refractivity contribution is 5.39. The molecule has 4 aliphatic heterocycles. The Balaban J connectivity index is 0.000000935. The summed E-state index contributed by atoms with van der Waals surface area (Å²) in [5.74, 6) is 0. The fraction of sp³-hybridized carbons (Fsp3) is 0.739. The van der Waals surface area contributed by atoms with Crippen LogP contribution >= 0.6 is 0 Å². The second-order valence-electron chi connectivity index (χ2n) is 21.3. The lowest BCUT2D eigenvalue weighted by Gasteiger charge is -2.69. The molecule has 57 heavy (non-hydrogen) atoms. The van der Waals surface area contributed by atoms with Gasteiger partial charge in [-0.05, 0) is 56.8 Å². The molecule has 4 bridgehead atoms. The summed E-state index contributed by atoms with van der Waals surface area (Å²) >= 11 is 0. The quantitative estimate of drug-likeness (QED) is 0.425. The molecule has 6 fully saturated rings. The number of likely N-dealkylation sites (tertiary alicyclic amines) is 2. The minimum atomic E-state index is -4.69. The van der Waals surface area contributed by atoms with Crippen molar-refractivity contribution in [2.24, 2.45) is 21.7 Å². The summed E-state index contributed by atoms with van der Waals surface area (Å²) in [5.41, 5.74) is 6.69. The van der Waals surface area contributed by atoms with Crippen LogP contribution in [0.15, 0.2) is 48.5 Å². The topological polar surface area (TPSA) is 121 Å². The van der Waals surface area contributed by atoms with Crippen molar-refractivity contribution in [1.29, 1.82) is 0 Å². The van der Waals surface area contributed by atoms with Crippen LogP contribution in [0.5, 0.6) is 0 Å². The minimum absolute atomic E-state index is 0.124. The molecule has 4 saturated heterocycles. The van der Waals surface area contributed by atoms with Gasteiger partial charge in [-0.1, -0.05) is 118 Å². The van der Waals surface area contributed by atoms with Crippen molar-refractivity contribution in [2.75, 3.05) is 65.7 Å². The first-order valence-electron chi connectivity index (χ1n) is 21.4. The number of hydrogen-bond donors (Lipinski definition) is 1. The number of morpholine rings is 2. The van der Waals surface area contributed by atoms with Crippen LogP contribution in [0.3, 0.4) is 0 Å². The van der Waals surface area contributed by atoms with Gasteiger partial charge in [-0.25, -0.2) is 0 Å². The summed E-state index contributed by atoms with van der Waals surface area (Å²) in [7, 11) is -4.69. The van der Waals surface area contributed by atoms with Gasteiger partial charge < -0.3 is 9.47 Å². The predicted molar refractivity (Wildman–Crippen MR) is 215 cm³/mol. The van der Waals surface area contributed by atoms with Gasteiger partial charge in [0.05, 0.1) is 41.3 Å². The first-order chi connectivity index (χ1) is 26.5. The number of nitrogens with zero attached hydrogens (tertiary/aromatic N) is 4. The van der Waals surface area contributed by atoms with Crippen LogP contribution < -0.4 is 14.0 Å². The second kappa shape index (κ2) is 15.4. The molecule has 4 heterocycles. The Morgan fingerprint density at radius 1 is 0.579 bits per heavy atom. The molecule has 1 N–H and O–H groups in total. The van der Waals surface area contributed by atoms with E-state index >= 15 is 0 Å². The number of halogens is 1. The normalized spacial score (nSPS) is 33.0. The first kappa shape index (κ1) is 43.4. The molecule has 10 nitrogen and oxygen atoms in total. The number of ether oxygens (including phenoxy) is 2. The monoisotopic (exact) mass is 811 g/mol. The lowest BCUT2D eigenvalue weighted by molar-refractivity contribution is -1.92. The third-order valence-corrected chi connectivity index (χ3v) is 15.9. The van der Waals surface area contributed by atoms with Gasteiger partial charge in [-0.3, -0.25) is 19.6 Å². The predicted octanol–water partition coefficient (Wildman–Crippen LogP) is 3.46. The van der Waals surface area contributed by atoms with Crippen molar-refractivity contribution in [3.63, 3.8) is 0 Å². The lowest BCUT2D eigenvalue weighted by atomic mass is 9.35. The fourth-order valence-corrected chi connectivity index (χ4v) is 13.2. The Kier molecular flexibility index (Phi) is 11.7. The molecule has 0 spiro atoms. The number of rotatable bonds is 8. The van der Waals surface area contributed by atoms with Crippen LogP contribution in [-0.2, 0) is 33.4 Å².